The molecule has 0 bridgehead atoms. The van der Waals surface area contributed by atoms with Crippen LogP contribution in [0.3, 0.4) is 0 Å². The van der Waals surface area contributed by atoms with Crippen LogP contribution >= 0.6 is 12.6 Å². The lowest BCUT2D eigenvalue weighted by atomic mass is 9.50. The van der Waals surface area contributed by atoms with E-state index in [0.717, 1.165) is 0 Å². The maximum Gasteiger partial charge on any atom is 0.115 e. The molecule has 0 N–H and O–H groups in total. The third-order valence-corrected chi connectivity index (χ3v) is 6.58. The Balaban J connectivity index is 2.94. The highest BCUT2D eigenvalue weighted by atomic mass is 32.1. The number of hydrogen-bond acceptors (Lipinski definition) is 1. The highest BCUT2D eigenvalue weighted by molar-refractivity contribution is 7.80. The summed E-state index contributed by atoms with van der Waals surface area (Å²) in [5.74, 6) is 0. The van der Waals surface area contributed by atoms with Gasteiger partial charge in [0.25, 0.3) is 0 Å². The van der Waals surface area contributed by atoms with E-state index in [9.17, 15) is 0 Å². The van der Waals surface area contributed by atoms with E-state index in [1.54, 1.807) is 5.56 Å². The van der Waals surface area contributed by atoms with Crippen LogP contribution in [-0.4, -0.2) is 7.85 Å². The van der Waals surface area contributed by atoms with Crippen LogP contribution in [0, 0.1) is 26.2 Å². The average molecular weight is 288 g/mol. The monoisotopic (exact) mass is 288 g/mol. The molecule has 0 heterocycles. The summed E-state index contributed by atoms with van der Waals surface area (Å²) in [6.45, 7) is 18.7. The van der Waals surface area contributed by atoms with Gasteiger partial charge >= 0.3 is 0 Å². The van der Waals surface area contributed by atoms with Gasteiger partial charge in [0.1, 0.15) is 7.85 Å². The first-order valence-corrected chi connectivity index (χ1v) is 8.13. The molecular formula is C18H29BS. The first kappa shape index (κ1) is 16.0. The Kier molecular flexibility index (Phi) is 3.46. The zero-order valence-corrected chi connectivity index (χ0v) is 15.5. The number of hydrogen-bond donors (Lipinski definition) is 1. The Bertz CT molecular complexity index is 578. The van der Waals surface area contributed by atoms with Crippen LogP contribution in [0.2, 0.25) is 0 Å². The number of rotatable bonds is 0. The molecule has 1 aromatic rings. The van der Waals surface area contributed by atoms with E-state index in [-0.39, 0.29) is 16.1 Å². The molecule has 0 aliphatic heterocycles. The smallest absolute Gasteiger partial charge is 0.115 e. The van der Waals surface area contributed by atoms with Crippen molar-refractivity contribution in [3.8, 4) is 0 Å². The molecule has 0 spiro atoms. The van der Waals surface area contributed by atoms with Gasteiger partial charge in [-0.25, -0.2) is 0 Å². The Morgan fingerprint density at radius 1 is 0.950 bits per heavy atom. The molecule has 0 radical (unpaired) electrons. The minimum atomic E-state index is 0.206. The number of fused-ring (bicyclic) bond motifs is 1. The van der Waals surface area contributed by atoms with Crippen molar-refractivity contribution in [1.29, 1.82) is 0 Å². The predicted molar refractivity (Wildman–Crippen MR) is 95.2 cm³/mol. The molecule has 0 aromatic heterocycles. The normalized spacial score (nSPS) is 24.9. The second-order valence-electron chi connectivity index (χ2n) is 8.62. The van der Waals surface area contributed by atoms with Gasteiger partial charge in [-0.1, -0.05) is 34.6 Å². The van der Waals surface area contributed by atoms with Crippen LogP contribution in [0.4, 0.5) is 0 Å². The van der Waals surface area contributed by atoms with Crippen LogP contribution in [0.5, 0.6) is 0 Å². The Hall–Kier alpha value is -0.365. The predicted octanol–water partition coefficient (Wildman–Crippen LogP) is 4.46. The van der Waals surface area contributed by atoms with Crippen LogP contribution < -0.4 is 0 Å². The summed E-state index contributed by atoms with van der Waals surface area (Å²) in [4.78, 5) is 1.22. The summed E-state index contributed by atoms with van der Waals surface area (Å²) in [6, 6.07) is 0. The molecule has 1 unspecified atom stereocenters. The average Bonchev–Trinajstić information content (AvgIpc) is 2.50. The van der Waals surface area contributed by atoms with Crippen LogP contribution in [0.1, 0.15) is 68.9 Å². The zero-order chi connectivity index (χ0) is 15.7. The minimum Gasteiger partial charge on any atom is -0.143 e. The fraction of sp³-hybridized carbons (Fsp3) is 0.667. The molecule has 0 saturated heterocycles. The Morgan fingerprint density at radius 3 is 1.90 bits per heavy atom. The minimum absolute atomic E-state index is 0.206. The molecule has 0 amide bonds. The van der Waals surface area contributed by atoms with Crippen molar-refractivity contribution in [1.82, 2.24) is 0 Å². The van der Waals surface area contributed by atoms with Crippen molar-refractivity contribution in [3.63, 3.8) is 0 Å². The van der Waals surface area contributed by atoms with E-state index < -0.39 is 0 Å². The van der Waals surface area contributed by atoms with E-state index in [4.69, 9.17) is 12.6 Å². The van der Waals surface area contributed by atoms with Crippen molar-refractivity contribution >= 4 is 20.5 Å². The van der Waals surface area contributed by atoms with E-state index in [0.29, 0.717) is 0 Å². The van der Waals surface area contributed by atoms with Gasteiger partial charge in [0.2, 0.25) is 0 Å². The van der Waals surface area contributed by atoms with E-state index >= 15 is 0 Å². The van der Waals surface area contributed by atoms with Gasteiger partial charge < -0.3 is 0 Å². The van der Waals surface area contributed by atoms with Gasteiger partial charge in [-0.15, -0.1) is 12.6 Å². The van der Waals surface area contributed by atoms with Gasteiger partial charge in [-0.2, -0.15) is 0 Å². The molecule has 20 heavy (non-hydrogen) atoms. The Labute approximate surface area is 131 Å². The first-order chi connectivity index (χ1) is 8.84. The van der Waals surface area contributed by atoms with Gasteiger partial charge in [-0.3, -0.25) is 0 Å². The molecule has 1 aromatic carbocycles. The maximum atomic E-state index is 4.91. The van der Waals surface area contributed by atoms with E-state index in [1.165, 1.54) is 33.6 Å². The molecular weight excluding hydrogens is 259 g/mol. The topological polar surface area (TPSA) is 0 Å². The van der Waals surface area contributed by atoms with Gasteiger partial charge in [0.05, 0.1) is 0 Å². The molecule has 1 aliphatic carbocycles. The quantitative estimate of drug-likeness (QED) is 0.529. The highest BCUT2D eigenvalue weighted by Crippen LogP contribution is 2.58. The van der Waals surface area contributed by atoms with Crippen molar-refractivity contribution < 1.29 is 0 Å². The maximum absolute atomic E-state index is 4.91. The fourth-order valence-electron chi connectivity index (χ4n) is 4.19. The summed E-state index contributed by atoms with van der Waals surface area (Å²) >= 11 is 4.91. The summed E-state index contributed by atoms with van der Waals surface area (Å²) in [5.41, 5.74) is 7.79. The molecule has 0 nitrogen and oxygen atoms in total. The lowest BCUT2D eigenvalue weighted by Gasteiger charge is -2.42. The second kappa shape index (κ2) is 4.32. The van der Waals surface area contributed by atoms with Crippen molar-refractivity contribution in [2.24, 2.45) is 5.41 Å². The van der Waals surface area contributed by atoms with Gasteiger partial charge in [0.15, 0.2) is 0 Å². The zero-order valence-electron chi connectivity index (χ0n) is 14.7. The van der Waals surface area contributed by atoms with Gasteiger partial charge in [0, 0.05) is 4.90 Å². The highest BCUT2D eigenvalue weighted by Gasteiger charge is 2.52. The molecule has 1 aliphatic rings. The lowest BCUT2D eigenvalue weighted by molar-refractivity contribution is 0.246. The summed E-state index contributed by atoms with van der Waals surface area (Å²) in [7, 11) is 2.45. The van der Waals surface area contributed by atoms with Crippen molar-refractivity contribution in [3.05, 3.63) is 27.8 Å². The summed E-state index contributed by atoms with van der Waals surface area (Å²) in [6.07, 6.45) is 1.20. The SMILES string of the molecule is BC1(C(C)(C)C)CC(C)(C)c2c(S)c(C)c(C)c(C)c21. The third-order valence-electron chi connectivity index (χ3n) is 6.02. The van der Waals surface area contributed by atoms with Gasteiger partial charge in [-0.05, 0) is 71.2 Å². The van der Waals surface area contributed by atoms with E-state index in [2.05, 4.69) is 63.2 Å². The molecule has 110 valence electrons. The summed E-state index contributed by atoms with van der Waals surface area (Å²) in [5, 5.41) is 0.214. The molecule has 0 fully saturated rings. The largest absolute Gasteiger partial charge is 0.143 e. The molecule has 0 saturated carbocycles. The van der Waals surface area contributed by atoms with Crippen LogP contribution in [-0.2, 0) is 10.7 Å². The summed E-state index contributed by atoms with van der Waals surface area (Å²) < 4.78 is 0. The molecule has 2 heteroatoms. The number of thiol groups is 1. The van der Waals surface area contributed by atoms with Crippen molar-refractivity contribution in [2.45, 2.75) is 77.4 Å². The first-order valence-electron chi connectivity index (χ1n) is 7.68. The third kappa shape index (κ3) is 1.90. The van der Waals surface area contributed by atoms with Crippen LogP contribution in [0.15, 0.2) is 4.90 Å². The Morgan fingerprint density at radius 2 is 1.45 bits per heavy atom. The fourth-order valence-corrected chi connectivity index (χ4v) is 4.77. The van der Waals surface area contributed by atoms with E-state index in [1.807, 2.05) is 0 Å². The van der Waals surface area contributed by atoms with Crippen molar-refractivity contribution in [2.75, 3.05) is 0 Å². The number of benzene rings is 1. The molecule has 1 atom stereocenters. The standard InChI is InChI=1S/C18H29BS/c1-10-11(2)13-14(15(20)12(10)3)17(7,8)9-18(13,19)16(4,5)6/h20H,9,19H2,1-8H3. The molecule has 2 rings (SSSR count). The second-order valence-corrected chi connectivity index (χ2v) is 9.06. The lowest BCUT2D eigenvalue weighted by Crippen LogP contribution is -2.40. The van der Waals surface area contributed by atoms with Crippen LogP contribution in [0.25, 0.3) is 0 Å².